The Morgan fingerprint density at radius 2 is 1.89 bits per heavy atom. The van der Waals surface area contributed by atoms with E-state index in [1.54, 1.807) is 12.1 Å². The van der Waals surface area contributed by atoms with Crippen LogP contribution in [-0.4, -0.2) is 7.11 Å². The molecule has 0 aliphatic heterocycles. The summed E-state index contributed by atoms with van der Waals surface area (Å²) in [4.78, 5) is 0. The van der Waals surface area contributed by atoms with Crippen LogP contribution in [0.2, 0.25) is 5.02 Å². The van der Waals surface area contributed by atoms with Crippen LogP contribution in [0.1, 0.15) is 22.1 Å². The molecule has 0 radical (unpaired) electrons. The zero-order chi connectivity index (χ0) is 14.0. The molecular formula is C15H13Cl2FO. The van der Waals surface area contributed by atoms with Crippen molar-refractivity contribution >= 4 is 23.2 Å². The van der Waals surface area contributed by atoms with Crippen LogP contribution >= 0.6 is 23.2 Å². The van der Waals surface area contributed by atoms with Gasteiger partial charge in [0.2, 0.25) is 0 Å². The monoisotopic (exact) mass is 298 g/mol. The van der Waals surface area contributed by atoms with Gasteiger partial charge in [-0.25, -0.2) is 4.39 Å². The maximum Gasteiger partial charge on any atom is 0.124 e. The maximum atomic E-state index is 13.4. The van der Waals surface area contributed by atoms with E-state index in [-0.39, 0.29) is 5.82 Å². The summed E-state index contributed by atoms with van der Waals surface area (Å²) in [5.74, 6) is 0.223. The molecular weight excluding hydrogens is 286 g/mol. The molecule has 0 aromatic heterocycles. The maximum absolute atomic E-state index is 13.4. The van der Waals surface area contributed by atoms with Gasteiger partial charge in [0.25, 0.3) is 0 Å². The van der Waals surface area contributed by atoms with E-state index >= 15 is 0 Å². The molecule has 2 aromatic carbocycles. The lowest BCUT2D eigenvalue weighted by Gasteiger charge is -2.15. The minimum atomic E-state index is -0.485. The third kappa shape index (κ3) is 3.02. The Labute approximate surface area is 121 Å². The van der Waals surface area contributed by atoms with Gasteiger partial charge >= 0.3 is 0 Å². The zero-order valence-corrected chi connectivity index (χ0v) is 12.1. The van der Waals surface area contributed by atoms with Gasteiger partial charge in [0.05, 0.1) is 12.5 Å². The molecule has 0 aliphatic carbocycles. The number of rotatable bonds is 3. The predicted molar refractivity (Wildman–Crippen MR) is 76.8 cm³/mol. The number of ether oxygens (including phenoxy) is 1. The van der Waals surface area contributed by atoms with Gasteiger partial charge in [0.15, 0.2) is 0 Å². The van der Waals surface area contributed by atoms with E-state index in [1.807, 2.05) is 19.1 Å². The van der Waals surface area contributed by atoms with Crippen molar-refractivity contribution in [3.63, 3.8) is 0 Å². The molecule has 0 amide bonds. The first-order valence-electron chi connectivity index (χ1n) is 5.76. The van der Waals surface area contributed by atoms with Crippen LogP contribution in [0.5, 0.6) is 5.75 Å². The van der Waals surface area contributed by atoms with Crippen LogP contribution in [0.3, 0.4) is 0 Å². The Morgan fingerprint density at radius 1 is 1.16 bits per heavy atom. The van der Waals surface area contributed by atoms with Crippen molar-refractivity contribution in [2.45, 2.75) is 12.3 Å². The fourth-order valence-electron chi connectivity index (χ4n) is 1.91. The van der Waals surface area contributed by atoms with Crippen molar-refractivity contribution in [2.24, 2.45) is 0 Å². The van der Waals surface area contributed by atoms with E-state index in [0.29, 0.717) is 16.3 Å². The van der Waals surface area contributed by atoms with Crippen LogP contribution in [0.15, 0.2) is 36.4 Å². The second kappa shape index (κ2) is 5.81. The molecule has 19 heavy (non-hydrogen) atoms. The third-order valence-electron chi connectivity index (χ3n) is 2.94. The number of hydrogen-bond donors (Lipinski definition) is 0. The SMILES string of the molecule is COc1ccc(F)cc1C(Cl)c1ccc(Cl)c(C)c1. The number of aryl methyl sites for hydroxylation is 1. The summed E-state index contributed by atoms with van der Waals surface area (Å²) in [6.07, 6.45) is 0. The molecule has 0 bridgehead atoms. The summed E-state index contributed by atoms with van der Waals surface area (Å²) in [5, 5.41) is 0.195. The van der Waals surface area contributed by atoms with Crippen molar-refractivity contribution in [1.82, 2.24) is 0 Å². The van der Waals surface area contributed by atoms with Crippen LogP contribution in [-0.2, 0) is 0 Å². The Kier molecular flexibility index (Phi) is 4.33. The quantitative estimate of drug-likeness (QED) is 0.714. The lowest BCUT2D eigenvalue weighted by Crippen LogP contribution is -1.99. The minimum Gasteiger partial charge on any atom is -0.496 e. The molecule has 0 heterocycles. The molecule has 1 atom stereocenters. The summed E-state index contributed by atoms with van der Waals surface area (Å²) < 4.78 is 18.6. The van der Waals surface area contributed by atoms with Crippen molar-refractivity contribution in [3.8, 4) is 5.75 Å². The number of methoxy groups -OCH3 is 1. The minimum absolute atomic E-state index is 0.341. The molecule has 1 unspecified atom stereocenters. The highest BCUT2D eigenvalue weighted by Gasteiger charge is 2.17. The number of halogens is 3. The third-order valence-corrected chi connectivity index (χ3v) is 3.85. The van der Waals surface area contributed by atoms with Gasteiger partial charge < -0.3 is 4.74 Å². The lowest BCUT2D eigenvalue weighted by molar-refractivity contribution is 0.409. The summed E-state index contributed by atoms with van der Waals surface area (Å²) in [6.45, 7) is 1.90. The van der Waals surface area contributed by atoms with Crippen LogP contribution < -0.4 is 4.74 Å². The average molecular weight is 299 g/mol. The molecule has 100 valence electrons. The molecule has 0 fully saturated rings. The second-order valence-corrected chi connectivity index (χ2v) is 5.10. The van der Waals surface area contributed by atoms with E-state index in [2.05, 4.69) is 0 Å². The van der Waals surface area contributed by atoms with Crippen molar-refractivity contribution in [2.75, 3.05) is 7.11 Å². The first-order valence-corrected chi connectivity index (χ1v) is 6.58. The van der Waals surface area contributed by atoms with Gasteiger partial charge in [0.1, 0.15) is 11.6 Å². The van der Waals surface area contributed by atoms with Crippen LogP contribution in [0.4, 0.5) is 4.39 Å². The van der Waals surface area contributed by atoms with Crippen molar-refractivity contribution in [3.05, 3.63) is 63.9 Å². The number of alkyl halides is 1. The molecule has 2 aromatic rings. The number of benzene rings is 2. The smallest absolute Gasteiger partial charge is 0.124 e. The van der Waals surface area contributed by atoms with Crippen LogP contribution in [0.25, 0.3) is 0 Å². The summed E-state index contributed by atoms with van der Waals surface area (Å²) >= 11 is 12.4. The van der Waals surface area contributed by atoms with Crippen molar-refractivity contribution < 1.29 is 9.13 Å². The molecule has 0 saturated heterocycles. The lowest BCUT2D eigenvalue weighted by atomic mass is 10.0. The largest absolute Gasteiger partial charge is 0.496 e. The summed E-state index contributed by atoms with van der Waals surface area (Å²) in [7, 11) is 1.54. The molecule has 0 aliphatic rings. The Bertz CT molecular complexity index is 599. The molecule has 1 nitrogen and oxygen atoms in total. The Morgan fingerprint density at radius 3 is 2.53 bits per heavy atom. The summed E-state index contributed by atoms with van der Waals surface area (Å²) in [6, 6.07) is 9.82. The van der Waals surface area contributed by atoms with Gasteiger partial charge in [-0.15, -0.1) is 11.6 Å². The highest BCUT2D eigenvalue weighted by atomic mass is 35.5. The fourth-order valence-corrected chi connectivity index (χ4v) is 2.33. The van der Waals surface area contributed by atoms with Gasteiger partial charge in [-0.05, 0) is 42.3 Å². The second-order valence-electron chi connectivity index (χ2n) is 4.26. The average Bonchev–Trinajstić information content (AvgIpc) is 2.41. The predicted octanol–water partition coefficient (Wildman–Crippen LogP) is 5.12. The molecule has 4 heteroatoms. The summed E-state index contributed by atoms with van der Waals surface area (Å²) in [5.41, 5.74) is 2.39. The first kappa shape index (κ1) is 14.2. The topological polar surface area (TPSA) is 9.23 Å². The van der Waals surface area contributed by atoms with E-state index < -0.39 is 5.38 Å². The first-order chi connectivity index (χ1) is 9.02. The van der Waals surface area contributed by atoms with Gasteiger partial charge in [-0.1, -0.05) is 23.7 Å². The molecule has 2 rings (SSSR count). The normalized spacial score (nSPS) is 12.3. The molecule has 0 spiro atoms. The van der Waals surface area contributed by atoms with E-state index in [9.17, 15) is 4.39 Å². The Hall–Kier alpha value is -1.25. The van der Waals surface area contributed by atoms with E-state index in [1.165, 1.54) is 19.2 Å². The van der Waals surface area contributed by atoms with Crippen LogP contribution in [0, 0.1) is 12.7 Å². The van der Waals surface area contributed by atoms with Gasteiger partial charge in [-0.3, -0.25) is 0 Å². The molecule has 0 saturated carbocycles. The molecule has 0 N–H and O–H groups in total. The zero-order valence-electron chi connectivity index (χ0n) is 10.6. The number of hydrogen-bond acceptors (Lipinski definition) is 1. The fraction of sp³-hybridized carbons (Fsp3) is 0.200. The van der Waals surface area contributed by atoms with Gasteiger partial charge in [-0.2, -0.15) is 0 Å². The highest BCUT2D eigenvalue weighted by Crippen LogP contribution is 2.36. The standard InChI is InChI=1S/C15H13Cl2FO/c1-9-7-10(3-5-13(9)16)15(17)12-8-11(18)4-6-14(12)19-2/h3-8,15H,1-2H3. The van der Waals surface area contributed by atoms with Crippen molar-refractivity contribution in [1.29, 1.82) is 0 Å². The van der Waals surface area contributed by atoms with Gasteiger partial charge in [0, 0.05) is 10.6 Å². The Balaban J connectivity index is 2.45. The van der Waals surface area contributed by atoms with E-state index in [0.717, 1.165) is 11.1 Å². The highest BCUT2D eigenvalue weighted by molar-refractivity contribution is 6.31. The van der Waals surface area contributed by atoms with E-state index in [4.69, 9.17) is 27.9 Å².